The second-order valence-electron chi connectivity index (χ2n) is 5.68. The van der Waals surface area contributed by atoms with Crippen molar-refractivity contribution in [3.8, 4) is 0 Å². The van der Waals surface area contributed by atoms with Crippen LogP contribution < -0.4 is 0 Å². The molecule has 1 aliphatic rings. The summed E-state index contributed by atoms with van der Waals surface area (Å²) in [6.07, 6.45) is 4.98. The highest BCUT2D eigenvalue weighted by atomic mass is 16.2. The van der Waals surface area contributed by atoms with Gasteiger partial charge in [0.1, 0.15) is 0 Å². The van der Waals surface area contributed by atoms with Crippen molar-refractivity contribution in [2.24, 2.45) is 11.8 Å². The Balaban J connectivity index is 2.36. The molecule has 2 amide bonds. The van der Waals surface area contributed by atoms with Crippen molar-refractivity contribution in [2.75, 3.05) is 27.2 Å². The zero-order valence-electron chi connectivity index (χ0n) is 12.8. The molecule has 0 spiro atoms. The minimum atomic E-state index is -0.0570. The number of amides is 2. The molecule has 0 aromatic carbocycles. The van der Waals surface area contributed by atoms with E-state index in [0.29, 0.717) is 0 Å². The van der Waals surface area contributed by atoms with Crippen LogP contribution in [0.2, 0.25) is 0 Å². The largest absolute Gasteiger partial charge is 0.346 e. The summed E-state index contributed by atoms with van der Waals surface area (Å²) in [5.41, 5.74) is 0. The molecule has 0 N–H and O–H groups in total. The Kier molecular flexibility index (Phi) is 6.32. The predicted octanol–water partition coefficient (Wildman–Crippen LogP) is 2.14. The zero-order chi connectivity index (χ0) is 14.4. The molecule has 0 aliphatic heterocycles. The van der Waals surface area contributed by atoms with Crippen molar-refractivity contribution in [2.45, 2.75) is 46.0 Å². The van der Waals surface area contributed by atoms with Crippen LogP contribution in [-0.2, 0) is 9.59 Å². The first-order valence-electron chi connectivity index (χ1n) is 7.52. The second-order valence-corrected chi connectivity index (χ2v) is 5.68. The molecule has 1 saturated carbocycles. The quantitative estimate of drug-likeness (QED) is 0.676. The maximum Gasteiger partial charge on any atom is 0.226 e. The summed E-state index contributed by atoms with van der Waals surface area (Å²) in [7, 11) is 3.69. The average molecular weight is 268 g/mol. The van der Waals surface area contributed by atoms with Gasteiger partial charge in [-0.1, -0.05) is 26.7 Å². The highest BCUT2D eigenvalue weighted by Gasteiger charge is 2.49. The lowest BCUT2D eigenvalue weighted by Gasteiger charge is -2.19. The van der Waals surface area contributed by atoms with Crippen LogP contribution in [0, 0.1) is 11.8 Å². The Morgan fingerprint density at radius 2 is 1.26 bits per heavy atom. The first-order chi connectivity index (χ1) is 9.02. The monoisotopic (exact) mass is 268 g/mol. The summed E-state index contributed by atoms with van der Waals surface area (Å²) in [5.74, 6) is 0.184. The van der Waals surface area contributed by atoms with Crippen LogP contribution in [0.4, 0.5) is 0 Å². The summed E-state index contributed by atoms with van der Waals surface area (Å²) in [4.78, 5) is 27.8. The number of nitrogens with zero attached hydrogens (tertiary/aromatic N) is 2. The van der Waals surface area contributed by atoms with Crippen LogP contribution in [0.15, 0.2) is 0 Å². The molecule has 1 fully saturated rings. The topological polar surface area (TPSA) is 40.6 Å². The van der Waals surface area contributed by atoms with Gasteiger partial charge in [0.25, 0.3) is 0 Å². The van der Waals surface area contributed by atoms with E-state index >= 15 is 0 Å². The van der Waals surface area contributed by atoms with E-state index in [4.69, 9.17) is 0 Å². The highest BCUT2D eigenvalue weighted by Crippen LogP contribution is 2.41. The fourth-order valence-electron chi connectivity index (χ4n) is 2.32. The van der Waals surface area contributed by atoms with Gasteiger partial charge in [-0.3, -0.25) is 9.59 Å². The number of hydrogen-bond donors (Lipinski definition) is 0. The van der Waals surface area contributed by atoms with Crippen molar-refractivity contribution >= 4 is 11.8 Å². The van der Waals surface area contributed by atoms with Gasteiger partial charge in [-0.05, 0) is 19.3 Å². The predicted molar refractivity (Wildman–Crippen MR) is 76.7 cm³/mol. The van der Waals surface area contributed by atoms with Crippen LogP contribution >= 0.6 is 0 Å². The van der Waals surface area contributed by atoms with Gasteiger partial charge in [-0.15, -0.1) is 0 Å². The molecule has 0 aromatic heterocycles. The van der Waals surface area contributed by atoms with Crippen LogP contribution in [0.5, 0.6) is 0 Å². The van der Waals surface area contributed by atoms with Crippen molar-refractivity contribution < 1.29 is 9.59 Å². The van der Waals surface area contributed by atoms with Gasteiger partial charge >= 0.3 is 0 Å². The fraction of sp³-hybridized carbons (Fsp3) is 0.867. The van der Waals surface area contributed by atoms with E-state index in [0.717, 1.165) is 45.2 Å². The second kappa shape index (κ2) is 7.51. The van der Waals surface area contributed by atoms with Gasteiger partial charge in [-0.2, -0.15) is 0 Å². The summed E-state index contributed by atoms with van der Waals surface area (Å²) < 4.78 is 0. The maximum atomic E-state index is 12.1. The number of hydrogen-bond acceptors (Lipinski definition) is 2. The summed E-state index contributed by atoms with van der Waals surface area (Å²) in [6.45, 7) is 5.84. The van der Waals surface area contributed by atoms with Gasteiger partial charge < -0.3 is 9.80 Å². The smallest absolute Gasteiger partial charge is 0.226 e. The molecular weight excluding hydrogens is 240 g/mol. The number of carbonyl (C=O) groups excluding carboxylic acids is 2. The van der Waals surface area contributed by atoms with E-state index in [-0.39, 0.29) is 23.7 Å². The molecule has 4 heteroatoms. The molecule has 19 heavy (non-hydrogen) atoms. The average Bonchev–Trinajstić information content (AvgIpc) is 3.20. The number of rotatable bonds is 8. The Morgan fingerprint density at radius 1 is 0.895 bits per heavy atom. The third-order valence-corrected chi connectivity index (χ3v) is 3.87. The molecular formula is C15H28N2O2. The van der Waals surface area contributed by atoms with Crippen molar-refractivity contribution in [3.63, 3.8) is 0 Å². The lowest BCUT2D eigenvalue weighted by Crippen LogP contribution is -2.33. The van der Waals surface area contributed by atoms with Crippen molar-refractivity contribution in [1.29, 1.82) is 0 Å². The highest BCUT2D eigenvalue weighted by molar-refractivity contribution is 5.92. The molecule has 1 rings (SSSR count). The van der Waals surface area contributed by atoms with E-state index in [2.05, 4.69) is 13.8 Å². The Hall–Kier alpha value is -1.06. The molecule has 2 atom stereocenters. The lowest BCUT2D eigenvalue weighted by atomic mass is 10.2. The zero-order valence-corrected chi connectivity index (χ0v) is 12.8. The van der Waals surface area contributed by atoms with Crippen LogP contribution in [0.1, 0.15) is 46.0 Å². The molecule has 0 bridgehead atoms. The lowest BCUT2D eigenvalue weighted by molar-refractivity contribution is -0.136. The Bertz CT molecular complexity index is 287. The van der Waals surface area contributed by atoms with E-state index in [1.165, 1.54) is 0 Å². The third kappa shape index (κ3) is 4.51. The van der Waals surface area contributed by atoms with Crippen molar-refractivity contribution in [3.05, 3.63) is 0 Å². The Morgan fingerprint density at radius 3 is 1.58 bits per heavy atom. The molecule has 2 unspecified atom stereocenters. The molecule has 0 radical (unpaired) electrons. The van der Waals surface area contributed by atoms with Gasteiger partial charge in [0.2, 0.25) is 11.8 Å². The van der Waals surface area contributed by atoms with Gasteiger partial charge in [0.15, 0.2) is 0 Å². The van der Waals surface area contributed by atoms with Gasteiger partial charge in [0.05, 0.1) is 11.8 Å². The van der Waals surface area contributed by atoms with E-state index in [1.54, 1.807) is 9.80 Å². The first-order valence-corrected chi connectivity index (χ1v) is 7.52. The summed E-state index contributed by atoms with van der Waals surface area (Å²) >= 11 is 0. The normalized spacial score (nSPS) is 21.1. The SMILES string of the molecule is CCCCN(C)C(=O)C1CC1C(=O)N(C)CCCC. The Labute approximate surface area is 117 Å². The minimum Gasteiger partial charge on any atom is -0.346 e. The molecule has 4 nitrogen and oxygen atoms in total. The number of carbonyl (C=O) groups is 2. The van der Waals surface area contributed by atoms with E-state index in [1.807, 2.05) is 14.1 Å². The number of unbranched alkanes of at least 4 members (excludes halogenated alkanes) is 2. The first kappa shape index (κ1) is 16.0. The van der Waals surface area contributed by atoms with Gasteiger partial charge in [-0.25, -0.2) is 0 Å². The van der Waals surface area contributed by atoms with Crippen molar-refractivity contribution in [1.82, 2.24) is 9.80 Å². The van der Waals surface area contributed by atoms with Crippen LogP contribution in [0.25, 0.3) is 0 Å². The molecule has 110 valence electrons. The van der Waals surface area contributed by atoms with E-state index in [9.17, 15) is 9.59 Å². The summed E-state index contributed by atoms with van der Waals surface area (Å²) in [5, 5.41) is 0. The standard InChI is InChI=1S/C15H28N2O2/c1-5-7-9-16(3)14(18)12-11-13(12)15(19)17(4)10-8-6-2/h12-13H,5-11H2,1-4H3. The van der Waals surface area contributed by atoms with Crippen LogP contribution in [0.3, 0.4) is 0 Å². The third-order valence-electron chi connectivity index (χ3n) is 3.87. The molecule has 1 aliphatic carbocycles. The van der Waals surface area contributed by atoms with E-state index < -0.39 is 0 Å². The molecule has 0 aromatic rings. The maximum absolute atomic E-state index is 12.1. The molecule has 0 saturated heterocycles. The van der Waals surface area contributed by atoms with Gasteiger partial charge in [0, 0.05) is 27.2 Å². The molecule has 0 heterocycles. The van der Waals surface area contributed by atoms with Crippen LogP contribution in [-0.4, -0.2) is 48.8 Å². The fourth-order valence-corrected chi connectivity index (χ4v) is 2.32. The summed E-state index contributed by atoms with van der Waals surface area (Å²) in [6, 6.07) is 0. The minimum absolute atomic E-state index is 0.0570.